The number of hydrogen-bond acceptors (Lipinski definition) is 3. The van der Waals surface area contributed by atoms with Crippen molar-refractivity contribution in [3.8, 4) is 0 Å². The van der Waals surface area contributed by atoms with Gasteiger partial charge in [0.15, 0.2) is 0 Å². The second-order valence-corrected chi connectivity index (χ2v) is 14.5. The second-order valence-electron chi connectivity index (χ2n) is 11.6. The highest BCUT2D eigenvalue weighted by Crippen LogP contribution is 2.48. The van der Waals surface area contributed by atoms with Gasteiger partial charge in [-0.3, -0.25) is 0 Å². The van der Waals surface area contributed by atoms with Crippen molar-refractivity contribution in [1.29, 1.82) is 0 Å². The normalized spacial score (nSPS) is 24.8. The predicted molar refractivity (Wildman–Crippen MR) is 136 cm³/mol. The topological polar surface area (TPSA) is 58.2 Å². The van der Waals surface area contributed by atoms with Crippen molar-refractivity contribution < 1.29 is 8.42 Å². The van der Waals surface area contributed by atoms with Gasteiger partial charge in [-0.2, -0.15) is 0 Å². The molecule has 2 aliphatic carbocycles. The molecule has 1 aromatic carbocycles. The quantitative estimate of drug-likeness (QED) is 0.450. The summed E-state index contributed by atoms with van der Waals surface area (Å²) >= 11 is 6.17. The van der Waals surface area contributed by atoms with Crippen LogP contribution in [0.2, 0.25) is 5.02 Å². The highest BCUT2D eigenvalue weighted by molar-refractivity contribution is 7.90. The van der Waals surface area contributed by atoms with Gasteiger partial charge in [-0.25, -0.2) is 13.1 Å². The number of nitrogens with one attached hydrogen (secondary N) is 2. The highest BCUT2D eigenvalue weighted by atomic mass is 35.5. The maximum absolute atomic E-state index is 12.5. The Morgan fingerprint density at radius 2 is 1.66 bits per heavy atom. The van der Waals surface area contributed by atoms with Gasteiger partial charge < -0.3 is 5.32 Å². The molecule has 32 heavy (non-hydrogen) atoms. The summed E-state index contributed by atoms with van der Waals surface area (Å²) in [6.45, 7) is 10.9. The van der Waals surface area contributed by atoms with Crippen LogP contribution >= 0.6 is 11.6 Å². The summed E-state index contributed by atoms with van der Waals surface area (Å²) in [4.78, 5) is 0. The first-order chi connectivity index (χ1) is 14.9. The van der Waals surface area contributed by atoms with Gasteiger partial charge in [-0.05, 0) is 102 Å². The molecule has 2 N–H and O–H groups in total. The fourth-order valence-corrected chi connectivity index (χ4v) is 6.50. The molecule has 0 spiro atoms. The number of sulfonamides is 1. The lowest BCUT2D eigenvalue weighted by molar-refractivity contribution is 0.143. The number of halogens is 1. The van der Waals surface area contributed by atoms with E-state index in [1.807, 2.05) is 12.1 Å². The molecule has 0 aliphatic heterocycles. The van der Waals surface area contributed by atoms with E-state index in [2.05, 4.69) is 36.0 Å². The summed E-state index contributed by atoms with van der Waals surface area (Å²) in [5.41, 5.74) is 1.64. The Morgan fingerprint density at radius 3 is 2.12 bits per heavy atom. The van der Waals surface area contributed by atoms with Crippen molar-refractivity contribution in [2.45, 2.75) is 108 Å². The molecule has 6 heteroatoms. The maximum atomic E-state index is 12.5. The summed E-state index contributed by atoms with van der Waals surface area (Å²) in [6, 6.07) is 9.06. The Balaban J connectivity index is 1.59. The fourth-order valence-electron chi connectivity index (χ4n) is 5.34. The number of rotatable bonds is 9. The Bertz CT molecular complexity index is 834. The summed E-state index contributed by atoms with van der Waals surface area (Å²) in [6.07, 6.45) is 8.94. The Kier molecular flexibility index (Phi) is 8.39. The zero-order valence-corrected chi connectivity index (χ0v) is 22.2. The van der Waals surface area contributed by atoms with E-state index in [1.165, 1.54) is 31.2 Å². The van der Waals surface area contributed by atoms with E-state index in [0.29, 0.717) is 17.9 Å². The van der Waals surface area contributed by atoms with E-state index in [1.54, 1.807) is 20.8 Å². The van der Waals surface area contributed by atoms with Crippen LogP contribution in [0.5, 0.6) is 0 Å². The van der Waals surface area contributed by atoms with Crippen LogP contribution in [0.3, 0.4) is 0 Å². The fraction of sp³-hybridized carbons (Fsp3) is 0.769. The van der Waals surface area contributed by atoms with Crippen LogP contribution in [-0.4, -0.2) is 31.8 Å². The summed E-state index contributed by atoms with van der Waals surface area (Å²) < 4.78 is 27.2. The minimum atomic E-state index is -3.28. The molecular weight excluding hydrogens is 440 g/mol. The lowest BCUT2D eigenvalue weighted by Crippen LogP contribution is -2.54. The minimum absolute atomic E-state index is 0.0778. The number of benzene rings is 1. The van der Waals surface area contributed by atoms with Crippen molar-refractivity contribution in [2.75, 3.05) is 6.54 Å². The molecule has 2 aliphatic rings. The molecule has 1 unspecified atom stereocenters. The van der Waals surface area contributed by atoms with Gasteiger partial charge in [0.1, 0.15) is 0 Å². The first kappa shape index (κ1) is 26.0. The van der Waals surface area contributed by atoms with Crippen LogP contribution in [-0.2, 0) is 15.4 Å². The molecule has 1 aromatic rings. The molecule has 2 saturated carbocycles. The average molecular weight is 483 g/mol. The third-order valence-electron chi connectivity index (χ3n) is 7.67. The van der Waals surface area contributed by atoms with Gasteiger partial charge in [0.05, 0.1) is 4.75 Å². The minimum Gasteiger partial charge on any atom is -0.313 e. The molecule has 4 nitrogen and oxygen atoms in total. The van der Waals surface area contributed by atoms with Crippen molar-refractivity contribution >= 4 is 21.6 Å². The zero-order valence-electron chi connectivity index (χ0n) is 20.6. The largest absolute Gasteiger partial charge is 0.313 e. The third-order valence-corrected chi connectivity index (χ3v) is 10.2. The van der Waals surface area contributed by atoms with Crippen molar-refractivity contribution in [2.24, 2.45) is 11.8 Å². The molecule has 1 atom stereocenters. The predicted octanol–water partition coefficient (Wildman–Crippen LogP) is 6.04. The second kappa shape index (κ2) is 10.3. The van der Waals surface area contributed by atoms with Gasteiger partial charge in [-0.15, -0.1) is 0 Å². The van der Waals surface area contributed by atoms with E-state index in [4.69, 9.17) is 11.6 Å². The van der Waals surface area contributed by atoms with Gasteiger partial charge in [0.25, 0.3) is 0 Å². The van der Waals surface area contributed by atoms with E-state index < -0.39 is 14.8 Å². The van der Waals surface area contributed by atoms with Crippen molar-refractivity contribution in [3.63, 3.8) is 0 Å². The van der Waals surface area contributed by atoms with Gasteiger partial charge in [-0.1, -0.05) is 44.0 Å². The molecule has 0 heterocycles. The standard InChI is InChI=1S/C26H43ClN2O2S/c1-19(2)17-24(26(15-6-16-26)21-9-11-22(27)12-10-21)28-18-20-7-13-23(14-8-20)29-32(30,31)25(3,4)5/h9-12,19-20,23-24,28-29H,6-8,13-18H2,1-5H3/t20-,23-,24?. The molecular formula is C26H43ClN2O2S. The lowest BCUT2D eigenvalue weighted by Gasteiger charge is -2.50. The Labute approximate surface area is 201 Å². The molecule has 0 amide bonds. The molecule has 0 aromatic heterocycles. The SMILES string of the molecule is CC(C)CC(NC[C@H]1CC[C@H](NS(=O)(=O)C(C)(C)C)CC1)C1(c2ccc(Cl)cc2)CCC1. The maximum Gasteiger partial charge on any atom is 0.216 e. The molecule has 3 rings (SSSR count). The third kappa shape index (κ3) is 6.08. The smallest absolute Gasteiger partial charge is 0.216 e. The van der Waals surface area contributed by atoms with Crippen molar-refractivity contribution in [3.05, 3.63) is 34.9 Å². The molecule has 0 bridgehead atoms. The lowest BCUT2D eigenvalue weighted by atomic mass is 9.58. The van der Waals surface area contributed by atoms with E-state index >= 15 is 0 Å². The van der Waals surface area contributed by atoms with Crippen LogP contribution in [0.15, 0.2) is 24.3 Å². The van der Waals surface area contributed by atoms with Crippen LogP contribution in [0.4, 0.5) is 0 Å². The van der Waals surface area contributed by atoms with Crippen LogP contribution in [0, 0.1) is 11.8 Å². The summed E-state index contributed by atoms with van der Waals surface area (Å²) in [5.74, 6) is 1.25. The highest BCUT2D eigenvalue weighted by Gasteiger charge is 2.45. The van der Waals surface area contributed by atoms with Crippen molar-refractivity contribution in [1.82, 2.24) is 10.0 Å². The Hall–Kier alpha value is -0.620. The molecule has 0 radical (unpaired) electrons. The summed E-state index contributed by atoms with van der Waals surface area (Å²) in [7, 11) is -3.28. The van der Waals surface area contributed by atoms with Crippen LogP contribution in [0.25, 0.3) is 0 Å². The zero-order chi connectivity index (χ0) is 23.6. The van der Waals surface area contributed by atoms with Gasteiger partial charge in [0.2, 0.25) is 10.0 Å². The molecule has 0 saturated heterocycles. The van der Waals surface area contributed by atoms with Crippen LogP contribution < -0.4 is 10.0 Å². The van der Waals surface area contributed by atoms with E-state index in [9.17, 15) is 8.42 Å². The van der Waals surface area contributed by atoms with E-state index in [-0.39, 0.29) is 11.5 Å². The molecule has 182 valence electrons. The van der Waals surface area contributed by atoms with Gasteiger partial charge in [0, 0.05) is 22.5 Å². The summed E-state index contributed by atoms with van der Waals surface area (Å²) in [5, 5.41) is 4.79. The van der Waals surface area contributed by atoms with Gasteiger partial charge >= 0.3 is 0 Å². The average Bonchev–Trinajstić information content (AvgIpc) is 2.66. The monoisotopic (exact) mass is 482 g/mol. The van der Waals surface area contributed by atoms with Crippen LogP contribution in [0.1, 0.15) is 91.5 Å². The number of hydrogen-bond donors (Lipinski definition) is 2. The first-order valence-electron chi connectivity index (χ1n) is 12.4. The first-order valence-corrected chi connectivity index (χ1v) is 14.3. The molecule has 2 fully saturated rings. The Morgan fingerprint density at radius 1 is 1.06 bits per heavy atom. The van der Waals surface area contributed by atoms with E-state index in [0.717, 1.165) is 37.3 Å².